The molecule has 0 radical (unpaired) electrons. The maximum Gasteiger partial charge on any atom is 0.137 e. The minimum Gasteiger partial charge on any atom is -0.346 e. The van der Waals surface area contributed by atoms with E-state index in [4.69, 9.17) is 0 Å². The van der Waals surface area contributed by atoms with Crippen LogP contribution in [0.3, 0.4) is 0 Å². The number of aromatic nitrogens is 2. The van der Waals surface area contributed by atoms with E-state index >= 15 is 0 Å². The van der Waals surface area contributed by atoms with Crippen LogP contribution >= 0.6 is 15.9 Å². The summed E-state index contributed by atoms with van der Waals surface area (Å²) in [4.78, 5) is 17.5. The lowest BCUT2D eigenvalue weighted by Crippen LogP contribution is -1.75. The number of halogens is 1. The van der Waals surface area contributed by atoms with Crippen LogP contribution in [0.4, 0.5) is 0 Å². The largest absolute Gasteiger partial charge is 0.346 e. The average Bonchev–Trinajstić information content (AvgIpc) is 2.62. The van der Waals surface area contributed by atoms with Crippen LogP contribution in [-0.2, 0) is 4.79 Å². The molecule has 4 heteroatoms. The number of carbonyl (C=O) groups is 1. The number of rotatable bonds is 3. The van der Waals surface area contributed by atoms with Crippen molar-refractivity contribution in [3.8, 4) is 0 Å². The third kappa shape index (κ3) is 2.15. The zero-order valence-corrected chi connectivity index (χ0v) is 9.49. The van der Waals surface area contributed by atoms with Crippen molar-refractivity contribution in [1.82, 2.24) is 9.97 Å². The zero-order valence-electron chi connectivity index (χ0n) is 7.90. The van der Waals surface area contributed by atoms with E-state index < -0.39 is 0 Å². The predicted molar refractivity (Wildman–Crippen MR) is 63.5 cm³/mol. The van der Waals surface area contributed by atoms with Crippen LogP contribution in [0.2, 0.25) is 0 Å². The lowest BCUT2D eigenvalue weighted by Gasteiger charge is -1.92. The highest BCUT2D eigenvalue weighted by atomic mass is 79.9. The molecule has 0 bridgehead atoms. The van der Waals surface area contributed by atoms with E-state index in [9.17, 15) is 4.79 Å². The van der Waals surface area contributed by atoms with Gasteiger partial charge in [-0.2, -0.15) is 0 Å². The first-order valence-electron chi connectivity index (χ1n) is 4.54. The van der Waals surface area contributed by atoms with Crippen molar-refractivity contribution in [2.75, 3.05) is 0 Å². The van der Waals surface area contributed by atoms with Crippen LogP contribution in [0.5, 0.6) is 0 Å². The van der Waals surface area contributed by atoms with Crippen LogP contribution in [0.1, 0.15) is 12.0 Å². The summed E-state index contributed by atoms with van der Waals surface area (Å²) >= 11 is 3.38. The molecule has 0 atom stereocenters. The molecular formula is C11H9BrN2O. The van der Waals surface area contributed by atoms with Gasteiger partial charge >= 0.3 is 0 Å². The van der Waals surface area contributed by atoms with Gasteiger partial charge in [0.1, 0.15) is 11.9 Å². The average molecular weight is 265 g/mol. The Hall–Kier alpha value is -1.42. The highest BCUT2D eigenvalue weighted by Gasteiger charge is 2.01. The third-order valence-corrected chi connectivity index (χ3v) is 2.49. The van der Waals surface area contributed by atoms with Crippen molar-refractivity contribution in [2.45, 2.75) is 6.42 Å². The maximum atomic E-state index is 10.2. The normalized spacial score (nSPS) is 11.3. The quantitative estimate of drug-likeness (QED) is 0.867. The van der Waals surface area contributed by atoms with E-state index in [1.165, 1.54) is 0 Å². The number of H-pyrrole nitrogens is 1. The maximum absolute atomic E-state index is 10.2. The molecule has 0 aliphatic carbocycles. The highest BCUT2D eigenvalue weighted by Crippen LogP contribution is 2.21. The van der Waals surface area contributed by atoms with Gasteiger partial charge in [0, 0.05) is 34.2 Å². The van der Waals surface area contributed by atoms with Crippen LogP contribution in [0.15, 0.2) is 29.0 Å². The SMILES string of the molecule is O=CCC=Cc1c[nH]c2ncc(Br)cc12. The summed E-state index contributed by atoms with van der Waals surface area (Å²) in [7, 11) is 0. The number of aldehydes is 1. The summed E-state index contributed by atoms with van der Waals surface area (Å²) < 4.78 is 0.944. The smallest absolute Gasteiger partial charge is 0.137 e. The van der Waals surface area contributed by atoms with Gasteiger partial charge < -0.3 is 9.78 Å². The van der Waals surface area contributed by atoms with Crippen LogP contribution in [0.25, 0.3) is 17.1 Å². The minimum absolute atomic E-state index is 0.439. The second-order valence-electron chi connectivity index (χ2n) is 3.10. The summed E-state index contributed by atoms with van der Waals surface area (Å²) in [5.74, 6) is 0. The number of nitrogens with zero attached hydrogens (tertiary/aromatic N) is 1. The Labute approximate surface area is 95.3 Å². The second kappa shape index (κ2) is 4.40. The van der Waals surface area contributed by atoms with Gasteiger partial charge in [-0.05, 0) is 22.0 Å². The first-order chi connectivity index (χ1) is 7.31. The van der Waals surface area contributed by atoms with Crippen LogP contribution in [-0.4, -0.2) is 16.3 Å². The van der Waals surface area contributed by atoms with Crippen LogP contribution < -0.4 is 0 Å². The number of pyridine rings is 1. The molecule has 0 unspecified atom stereocenters. The predicted octanol–water partition coefficient (Wildman–Crippen LogP) is 2.93. The number of hydrogen-bond donors (Lipinski definition) is 1. The molecule has 1 N–H and O–H groups in total. The molecule has 0 saturated heterocycles. The van der Waals surface area contributed by atoms with Crippen molar-refractivity contribution in [3.05, 3.63) is 34.6 Å². The Morgan fingerprint density at radius 3 is 3.20 bits per heavy atom. The number of nitrogens with one attached hydrogen (secondary N) is 1. The molecule has 0 aliphatic rings. The Bertz CT molecular complexity index is 516. The van der Waals surface area contributed by atoms with E-state index in [1.807, 2.05) is 24.4 Å². The van der Waals surface area contributed by atoms with E-state index in [1.54, 1.807) is 6.20 Å². The van der Waals surface area contributed by atoms with Gasteiger partial charge in [-0.3, -0.25) is 0 Å². The summed E-state index contributed by atoms with van der Waals surface area (Å²) in [6.45, 7) is 0. The topological polar surface area (TPSA) is 45.8 Å². The fourth-order valence-corrected chi connectivity index (χ4v) is 1.72. The lowest BCUT2D eigenvalue weighted by atomic mass is 10.2. The summed E-state index contributed by atoms with van der Waals surface area (Å²) in [5, 5.41) is 1.05. The summed E-state index contributed by atoms with van der Waals surface area (Å²) in [5.41, 5.74) is 1.89. The van der Waals surface area contributed by atoms with Gasteiger partial charge in [0.15, 0.2) is 0 Å². The van der Waals surface area contributed by atoms with Crippen LogP contribution in [0, 0.1) is 0 Å². The Morgan fingerprint density at radius 1 is 1.53 bits per heavy atom. The van der Waals surface area contributed by atoms with E-state index in [0.29, 0.717) is 6.42 Å². The van der Waals surface area contributed by atoms with Gasteiger partial charge in [0.05, 0.1) is 0 Å². The van der Waals surface area contributed by atoms with Crippen molar-refractivity contribution in [2.24, 2.45) is 0 Å². The Morgan fingerprint density at radius 2 is 2.40 bits per heavy atom. The number of hydrogen-bond acceptors (Lipinski definition) is 2. The monoisotopic (exact) mass is 264 g/mol. The fourth-order valence-electron chi connectivity index (χ4n) is 1.39. The molecule has 0 aromatic carbocycles. The first kappa shape index (κ1) is 10.1. The van der Waals surface area contributed by atoms with Gasteiger partial charge in [-0.15, -0.1) is 0 Å². The van der Waals surface area contributed by atoms with Crippen molar-refractivity contribution >= 4 is 39.3 Å². The van der Waals surface area contributed by atoms with Crippen molar-refractivity contribution in [1.29, 1.82) is 0 Å². The third-order valence-electron chi connectivity index (χ3n) is 2.06. The molecule has 0 amide bonds. The van der Waals surface area contributed by atoms with Gasteiger partial charge in [0.25, 0.3) is 0 Å². The molecule has 76 valence electrons. The standard InChI is InChI=1S/C11H9BrN2O/c12-9-5-10-8(3-1-2-4-15)6-13-11(10)14-7-9/h1,3-7H,2H2,(H,13,14). The van der Waals surface area contributed by atoms with Gasteiger partial charge in [0.2, 0.25) is 0 Å². The van der Waals surface area contributed by atoms with Crippen molar-refractivity contribution in [3.63, 3.8) is 0 Å². The Balaban J connectivity index is 2.43. The molecule has 3 nitrogen and oxygen atoms in total. The fraction of sp³-hybridized carbons (Fsp3) is 0.0909. The number of aromatic amines is 1. The lowest BCUT2D eigenvalue weighted by molar-refractivity contribution is -0.107. The van der Waals surface area contributed by atoms with Crippen molar-refractivity contribution < 1.29 is 4.79 Å². The molecule has 15 heavy (non-hydrogen) atoms. The zero-order chi connectivity index (χ0) is 10.7. The molecule has 0 fully saturated rings. The van der Waals surface area contributed by atoms with Gasteiger partial charge in [-0.1, -0.05) is 12.2 Å². The Kier molecular flexibility index (Phi) is 2.97. The second-order valence-corrected chi connectivity index (χ2v) is 4.01. The molecule has 2 rings (SSSR count). The molecule has 2 aromatic rings. The molecule has 0 saturated carbocycles. The van der Waals surface area contributed by atoms with E-state index in [0.717, 1.165) is 27.4 Å². The highest BCUT2D eigenvalue weighted by molar-refractivity contribution is 9.10. The molecule has 0 aliphatic heterocycles. The molecular weight excluding hydrogens is 256 g/mol. The number of carbonyl (C=O) groups excluding carboxylic acids is 1. The summed E-state index contributed by atoms with van der Waals surface area (Å²) in [6, 6.07) is 2.00. The molecule has 0 spiro atoms. The van der Waals surface area contributed by atoms with Gasteiger partial charge in [-0.25, -0.2) is 4.98 Å². The minimum atomic E-state index is 0.439. The summed E-state index contributed by atoms with van der Waals surface area (Å²) in [6.07, 6.45) is 8.69. The van der Waals surface area contributed by atoms with E-state index in [-0.39, 0.29) is 0 Å². The number of fused-ring (bicyclic) bond motifs is 1. The molecule has 2 aromatic heterocycles. The van der Waals surface area contributed by atoms with E-state index in [2.05, 4.69) is 25.9 Å². The first-order valence-corrected chi connectivity index (χ1v) is 5.33. The molecule has 2 heterocycles. The number of allylic oxidation sites excluding steroid dienone is 1.